The molecule has 0 aromatic rings. The first-order valence-corrected chi connectivity index (χ1v) is 5.24. The van der Waals surface area contributed by atoms with Crippen molar-refractivity contribution in [3.05, 3.63) is 0 Å². The molecule has 1 rings (SSSR count). The van der Waals surface area contributed by atoms with Gasteiger partial charge in [-0.15, -0.1) is 0 Å². The lowest BCUT2D eigenvalue weighted by Crippen LogP contribution is -2.11. The van der Waals surface area contributed by atoms with E-state index in [2.05, 4.69) is 0 Å². The maximum Gasteiger partial charge on any atom is 0.306 e. The fourth-order valence-electron chi connectivity index (χ4n) is 0.716. The number of aliphatic hydroxyl groups excluding tert-OH is 1. The normalized spacial score (nSPS) is 19.1. The maximum absolute atomic E-state index is 11.0. The molecule has 0 radical (unpaired) electrons. The summed E-state index contributed by atoms with van der Waals surface area (Å²) in [5.74, 6) is 0.0164. The van der Waals surface area contributed by atoms with Crippen molar-refractivity contribution in [3.8, 4) is 0 Å². The van der Waals surface area contributed by atoms with Crippen molar-refractivity contribution in [3.63, 3.8) is 0 Å². The Kier molecular flexibility index (Phi) is 4.92. The molecule has 0 aromatic heterocycles. The maximum atomic E-state index is 11.0. The Morgan fingerprint density at radius 2 is 2.29 bits per heavy atom. The van der Waals surface area contributed by atoms with Gasteiger partial charge in [0.2, 0.25) is 5.12 Å². The van der Waals surface area contributed by atoms with Crippen molar-refractivity contribution >= 4 is 22.8 Å². The van der Waals surface area contributed by atoms with E-state index < -0.39 is 6.61 Å². The van der Waals surface area contributed by atoms with Gasteiger partial charge in [-0.1, -0.05) is 11.8 Å². The topological polar surface area (TPSA) is 76.1 Å². The molecular weight excluding hydrogens is 208 g/mol. The highest BCUT2D eigenvalue weighted by atomic mass is 32.2. The summed E-state index contributed by atoms with van der Waals surface area (Å²) < 4.78 is 9.68. The van der Waals surface area contributed by atoms with Gasteiger partial charge >= 0.3 is 5.97 Å². The lowest BCUT2D eigenvalue weighted by molar-refractivity contribution is -0.143. The van der Waals surface area contributed by atoms with E-state index in [1.165, 1.54) is 0 Å². The molecule has 1 heterocycles. The lowest BCUT2D eigenvalue weighted by Gasteiger charge is -2.01. The molecule has 0 amide bonds. The number of rotatable bonds is 6. The molecule has 1 N–H and O–H groups in total. The SMILES string of the molecule is O=C(CCSC(=O)CO)OCC1CO1. The summed E-state index contributed by atoms with van der Waals surface area (Å²) in [6, 6.07) is 0. The van der Waals surface area contributed by atoms with Crippen molar-refractivity contribution < 1.29 is 24.2 Å². The third-order valence-corrected chi connectivity index (χ3v) is 2.39. The fourth-order valence-corrected chi connectivity index (χ4v) is 1.30. The van der Waals surface area contributed by atoms with Crippen LogP contribution < -0.4 is 0 Å². The van der Waals surface area contributed by atoms with Crippen molar-refractivity contribution in [1.29, 1.82) is 0 Å². The summed E-state index contributed by atoms with van der Waals surface area (Å²) in [5.41, 5.74) is 0. The number of carbonyl (C=O) groups excluding carboxylic acids is 2. The van der Waals surface area contributed by atoms with Gasteiger partial charge in [-0.25, -0.2) is 0 Å². The number of aliphatic hydroxyl groups is 1. The monoisotopic (exact) mass is 220 g/mol. The van der Waals surface area contributed by atoms with Gasteiger partial charge in [0.05, 0.1) is 13.0 Å². The zero-order valence-corrected chi connectivity index (χ0v) is 8.42. The minimum atomic E-state index is -0.490. The number of hydrogen-bond donors (Lipinski definition) is 1. The Morgan fingerprint density at radius 3 is 2.86 bits per heavy atom. The highest BCUT2D eigenvalue weighted by Gasteiger charge is 2.24. The number of hydrogen-bond acceptors (Lipinski definition) is 6. The third kappa shape index (κ3) is 5.21. The Bertz CT molecular complexity index is 214. The van der Waals surface area contributed by atoms with Crippen LogP contribution in [-0.2, 0) is 19.1 Å². The molecule has 5 nitrogen and oxygen atoms in total. The van der Waals surface area contributed by atoms with Crippen LogP contribution in [-0.4, -0.2) is 47.9 Å². The Labute approximate surface area is 85.8 Å². The zero-order chi connectivity index (χ0) is 10.4. The van der Waals surface area contributed by atoms with Gasteiger partial charge in [0.15, 0.2) is 0 Å². The molecule has 1 saturated heterocycles. The molecule has 6 heteroatoms. The van der Waals surface area contributed by atoms with Crippen molar-refractivity contribution in [2.45, 2.75) is 12.5 Å². The Hall–Kier alpha value is -0.590. The first-order chi connectivity index (χ1) is 6.72. The van der Waals surface area contributed by atoms with Crippen LogP contribution in [0.2, 0.25) is 0 Å². The molecule has 0 aliphatic carbocycles. The van der Waals surface area contributed by atoms with Crippen LogP contribution in [0, 0.1) is 0 Å². The summed E-state index contributed by atoms with van der Waals surface area (Å²) in [6.45, 7) is 0.470. The minimum Gasteiger partial charge on any atom is -0.463 e. The van der Waals surface area contributed by atoms with Gasteiger partial charge in [0.1, 0.15) is 19.3 Å². The number of epoxide rings is 1. The third-order valence-electron chi connectivity index (χ3n) is 1.53. The van der Waals surface area contributed by atoms with E-state index in [4.69, 9.17) is 14.6 Å². The molecule has 1 aliphatic heterocycles. The number of carbonyl (C=O) groups is 2. The molecule has 1 atom stereocenters. The van der Waals surface area contributed by atoms with E-state index in [0.29, 0.717) is 19.0 Å². The van der Waals surface area contributed by atoms with Gasteiger partial charge in [-0.2, -0.15) is 0 Å². The van der Waals surface area contributed by atoms with Gasteiger partial charge in [-0.3, -0.25) is 9.59 Å². The molecule has 1 fully saturated rings. The molecule has 1 unspecified atom stereocenters. The average molecular weight is 220 g/mol. The molecule has 80 valence electrons. The first kappa shape index (κ1) is 11.5. The number of ether oxygens (including phenoxy) is 2. The largest absolute Gasteiger partial charge is 0.463 e. The van der Waals surface area contributed by atoms with Gasteiger partial charge in [0, 0.05) is 5.75 Å². The summed E-state index contributed by atoms with van der Waals surface area (Å²) in [6.07, 6.45) is 0.258. The molecule has 0 aromatic carbocycles. The predicted molar refractivity (Wildman–Crippen MR) is 49.9 cm³/mol. The van der Waals surface area contributed by atoms with Crippen LogP contribution in [0.4, 0.5) is 0 Å². The van der Waals surface area contributed by atoms with Gasteiger partial charge < -0.3 is 14.6 Å². The van der Waals surface area contributed by atoms with E-state index in [9.17, 15) is 9.59 Å². The second kappa shape index (κ2) is 6.00. The molecular formula is C8H12O5S. The van der Waals surface area contributed by atoms with Gasteiger partial charge in [-0.05, 0) is 0 Å². The summed E-state index contributed by atoms with van der Waals surface area (Å²) in [4.78, 5) is 21.6. The highest BCUT2D eigenvalue weighted by Crippen LogP contribution is 2.10. The molecule has 1 aliphatic rings. The van der Waals surface area contributed by atoms with Crippen molar-refractivity contribution in [2.24, 2.45) is 0 Å². The van der Waals surface area contributed by atoms with Crippen LogP contribution in [0.25, 0.3) is 0 Å². The lowest BCUT2D eigenvalue weighted by atomic mass is 10.5. The van der Waals surface area contributed by atoms with E-state index in [1.807, 2.05) is 0 Å². The predicted octanol–water partition coefficient (Wildman–Crippen LogP) is -0.429. The van der Waals surface area contributed by atoms with E-state index in [0.717, 1.165) is 11.8 Å². The Morgan fingerprint density at radius 1 is 1.57 bits per heavy atom. The molecule has 0 bridgehead atoms. The molecule has 0 spiro atoms. The summed E-state index contributed by atoms with van der Waals surface area (Å²) >= 11 is 0.934. The standard InChI is InChI=1S/C8H12O5S/c9-3-8(11)14-2-1-7(10)13-5-6-4-12-6/h6,9H,1-5H2. The number of esters is 1. The molecule has 0 saturated carbocycles. The van der Waals surface area contributed by atoms with E-state index in [-0.39, 0.29) is 23.6 Å². The first-order valence-electron chi connectivity index (χ1n) is 4.26. The highest BCUT2D eigenvalue weighted by molar-refractivity contribution is 8.13. The molecule has 14 heavy (non-hydrogen) atoms. The second-order valence-corrected chi connectivity index (χ2v) is 3.92. The van der Waals surface area contributed by atoms with Crippen LogP contribution in [0.1, 0.15) is 6.42 Å². The summed E-state index contributed by atoms with van der Waals surface area (Å²) in [5, 5.41) is 8.05. The van der Waals surface area contributed by atoms with E-state index >= 15 is 0 Å². The van der Waals surface area contributed by atoms with Crippen LogP contribution in [0.5, 0.6) is 0 Å². The van der Waals surface area contributed by atoms with Crippen LogP contribution in [0.3, 0.4) is 0 Å². The smallest absolute Gasteiger partial charge is 0.306 e. The van der Waals surface area contributed by atoms with Gasteiger partial charge in [0.25, 0.3) is 0 Å². The van der Waals surface area contributed by atoms with Crippen LogP contribution in [0.15, 0.2) is 0 Å². The van der Waals surface area contributed by atoms with Crippen molar-refractivity contribution in [1.82, 2.24) is 0 Å². The zero-order valence-electron chi connectivity index (χ0n) is 7.60. The quantitative estimate of drug-likeness (QED) is 0.483. The average Bonchev–Trinajstić information content (AvgIpc) is 2.98. The Balaban J connectivity index is 1.93. The second-order valence-electron chi connectivity index (χ2n) is 2.77. The van der Waals surface area contributed by atoms with E-state index in [1.54, 1.807) is 0 Å². The summed E-state index contributed by atoms with van der Waals surface area (Å²) in [7, 11) is 0. The van der Waals surface area contributed by atoms with Crippen molar-refractivity contribution in [2.75, 3.05) is 25.6 Å². The number of thioether (sulfide) groups is 1. The van der Waals surface area contributed by atoms with Crippen LogP contribution >= 0.6 is 11.8 Å². The fraction of sp³-hybridized carbons (Fsp3) is 0.750. The minimum absolute atomic E-state index is 0.0747.